The second-order valence-electron chi connectivity index (χ2n) is 7.74. The Morgan fingerprint density at radius 1 is 1.16 bits per heavy atom. The number of rotatable bonds is 5. The van der Waals surface area contributed by atoms with Gasteiger partial charge in [0, 0.05) is 23.4 Å². The summed E-state index contributed by atoms with van der Waals surface area (Å²) in [6.45, 7) is 2.18. The van der Waals surface area contributed by atoms with Crippen LogP contribution in [0.2, 0.25) is 0 Å². The van der Waals surface area contributed by atoms with Gasteiger partial charge in [0.2, 0.25) is 0 Å². The Balaban J connectivity index is 1.54. The van der Waals surface area contributed by atoms with Gasteiger partial charge in [-0.05, 0) is 55.2 Å². The average Bonchev–Trinajstić information content (AvgIpc) is 2.77. The van der Waals surface area contributed by atoms with Crippen molar-refractivity contribution in [1.29, 1.82) is 5.26 Å². The zero-order valence-electron chi connectivity index (χ0n) is 17.1. The minimum atomic E-state index is -0.961. The fourth-order valence-electron chi connectivity index (χ4n) is 4.13. The van der Waals surface area contributed by atoms with Crippen molar-refractivity contribution in [3.8, 4) is 11.8 Å². The standard InChI is InChI=1S/C25H22N2O4/c1-15-20(13-26)23(24-21(27-15)3-2-4-22(24)28)17-9-11-19(12-10-17)31-14-16-5-7-18(8-6-16)25(29)30/h5-12,23,27H,2-4,14H2,1H3,(H,29,30). The molecule has 0 aromatic heterocycles. The lowest BCUT2D eigenvalue weighted by Gasteiger charge is -2.32. The van der Waals surface area contributed by atoms with Crippen molar-refractivity contribution in [2.45, 2.75) is 38.7 Å². The number of nitrogens with zero attached hydrogens (tertiary/aromatic N) is 1. The highest BCUT2D eigenvalue weighted by Crippen LogP contribution is 2.42. The van der Waals surface area contributed by atoms with Crippen LogP contribution in [0, 0.1) is 11.3 Å². The summed E-state index contributed by atoms with van der Waals surface area (Å²) < 4.78 is 5.82. The zero-order chi connectivity index (χ0) is 22.0. The number of ketones is 1. The number of allylic oxidation sites excluding steroid dienone is 4. The van der Waals surface area contributed by atoms with Gasteiger partial charge in [-0.2, -0.15) is 5.26 Å². The number of ether oxygens (including phenoxy) is 1. The fourth-order valence-corrected chi connectivity index (χ4v) is 4.13. The molecule has 0 amide bonds. The van der Waals surface area contributed by atoms with Crippen molar-refractivity contribution < 1.29 is 19.4 Å². The highest BCUT2D eigenvalue weighted by atomic mass is 16.5. The van der Waals surface area contributed by atoms with E-state index < -0.39 is 5.97 Å². The summed E-state index contributed by atoms with van der Waals surface area (Å²) in [4.78, 5) is 23.6. The Labute approximate surface area is 180 Å². The van der Waals surface area contributed by atoms with Gasteiger partial charge < -0.3 is 15.2 Å². The first-order valence-corrected chi connectivity index (χ1v) is 10.2. The minimum absolute atomic E-state index is 0.101. The zero-order valence-corrected chi connectivity index (χ0v) is 17.1. The first-order valence-electron chi connectivity index (χ1n) is 10.2. The number of dihydropyridines is 1. The number of aromatic carboxylic acids is 1. The van der Waals surface area contributed by atoms with Gasteiger partial charge in [-0.3, -0.25) is 4.79 Å². The van der Waals surface area contributed by atoms with Crippen LogP contribution in [0.25, 0.3) is 0 Å². The van der Waals surface area contributed by atoms with Crippen molar-refractivity contribution in [3.05, 3.63) is 87.8 Å². The Morgan fingerprint density at radius 3 is 2.52 bits per heavy atom. The molecule has 0 saturated heterocycles. The second kappa shape index (κ2) is 8.49. The normalized spacial score (nSPS) is 18.2. The molecule has 6 nitrogen and oxygen atoms in total. The van der Waals surface area contributed by atoms with Crippen LogP contribution in [0.5, 0.6) is 5.75 Å². The van der Waals surface area contributed by atoms with Gasteiger partial charge >= 0.3 is 5.97 Å². The van der Waals surface area contributed by atoms with Crippen LogP contribution in [0.15, 0.2) is 71.1 Å². The molecular weight excluding hydrogens is 392 g/mol. The molecule has 6 heteroatoms. The molecule has 1 unspecified atom stereocenters. The van der Waals surface area contributed by atoms with Crippen LogP contribution in [0.1, 0.15) is 53.6 Å². The number of benzene rings is 2. The van der Waals surface area contributed by atoms with Crippen LogP contribution >= 0.6 is 0 Å². The number of nitriles is 1. The molecule has 0 spiro atoms. The van der Waals surface area contributed by atoms with Crippen molar-refractivity contribution in [2.75, 3.05) is 0 Å². The van der Waals surface area contributed by atoms with E-state index in [1.54, 1.807) is 24.3 Å². The van der Waals surface area contributed by atoms with E-state index >= 15 is 0 Å². The summed E-state index contributed by atoms with van der Waals surface area (Å²) in [5.41, 5.74) is 4.99. The highest BCUT2D eigenvalue weighted by molar-refractivity contribution is 5.99. The van der Waals surface area contributed by atoms with E-state index in [4.69, 9.17) is 9.84 Å². The number of carbonyl (C=O) groups is 2. The predicted octanol–water partition coefficient (Wildman–Crippen LogP) is 4.46. The number of hydrogen-bond donors (Lipinski definition) is 2. The van der Waals surface area contributed by atoms with Crippen LogP contribution < -0.4 is 10.1 Å². The summed E-state index contributed by atoms with van der Waals surface area (Å²) in [5, 5.41) is 22.0. The van der Waals surface area contributed by atoms with Crippen LogP contribution in [0.3, 0.4) is 0 Å². The third-order valence-electron chi connectivity index (χ3n) is 5.72. The van der Waals surface area contributed by atoms with Gasteiger partial charge in [0.25, 0.3) is 0 Å². The summed E-state index contributed by atoms with van der Waals surface area (Å²) in [5.74, 6) is -0.559. The summed E-state index contributed by atoms with van der Waals surface area (Å²) in [6, 6.07) is 16.3. The van der Waals surface area contributed by atoms with E-state index in [9.17, 15) is 14.9 Å². The molecule has 156 valence electrons. The Morgan fingerprint density at radius 2 is 1.87 bits per heavy atom. The van der Waals surface area contributed by atoms with Crippen molar-refractivity contribution in [3.63, 3.8) is 0 Å². The maximum atomic E-state index is 12.7. The molecule has 1 heterocycles. The third kappa shape index (κ3) is 4.08. The van der Waals surface area contributed by atoms with Crippen molar-refractivity contribution in [1.82, 2.24) is 5.32 Å². The van der Waals surface area contributed by atoms with Gasteiger partial charge in [-0.15, -0.1) is 0 Å². The van der Waals surface area contributed by atoms with Crippen molar-refractivity contribution >= 4 is 11.8 Å². The third-order valence-corrected chi connectivity index (χ3v) is 5.72. The fraction of sp³-hybridized carbons (Fsp3) is 0.240. The lowest BCUT2D eigenvalue weighted by Crippen LogP contribution is -2.31. The quantitative estimate of drug-likeness (QED) is 0.750. The largest absolute Gasteiger partial charge is 0.489 e. The SMILES string of the molecule is CC1=C(C#N)C(c2ccc(OCc3ccc(C(=O)O)cc3)cc2)C2=C(CCCC2=O)N1. The number of carbonyl (C=O) groups excluding carboxylic acids is 1. The molecule has 31 heavy (non-hydrogen) atoms. The smallest absolute Gasteiger partial charge is 0.335 e. The molecular formula is C25H22N2O4. The Bertz CT molecular complexity index is 1140. The molecule has 2 aliphatic rings. The molecule has 0 saturated carbocycles. The summed E-state index contributed by atoms with van der Waals surface area (Å²) in [7, 11) is 0. The van der Waals surface area contributed by atoms with Crippen LogP contribution in [-0.2, 0) is 11.4 Å². The van der Waals surface area contributed by atoms with Gasteiger partial charge in [0.15, 0.2) is 5.78 Å². The summed E-state index contributed by atoms with van der Waals surface area (Å²) in [6.07, 6.45) is 2.15. The van der Waals surface area contributed by atoms with Gasteiger partial charge in [-0.1, -0.05) is 24.3 Å². The number of carboxylic acid groups (broad SMARTS) is 1. The molecule has 1 aliphatic heterocycles. The molecule has 2 aromatic rings. The molecule has 0 fully saturated rings. The topological polar surface area (TPSA) is 99.4 Å². The van der Waals surface area contributed by atoms with Gasteiger partial charge in [0.1, 0.15) is 12.4 Å². The van der Waals surface area contributed by atoms with Crippen LogP contribution in [0.4, 0.5) is 0 Å². The number of Topliss-reactive ketones (excluding diaryl/α,β-unsaturated/α-hetero) is 1. The monoisotopic (exact) mass is 414 g/mol. The molecule has 0 radical (unpaired) electrons. The van der Waals surface area contributed by atoms with Gasteiger partial charge in [0.05, 0.1) is 23.1 Å². The van der Waals surface area contributed by atoms with Crippen molar-refractivity contribution in [2.24, 2.45) is 0 Å². The number of carboxylic acids is 1. The molecule has 2 aromatic carbocycles. The van der Waals surface area contributed by atoms with E-state index in [-0.39, 0.29) is 17.3 Å². The van der Waals surface area contributed by atoms with E-state index in [2.05, 4.69) is 11.4 Å². The first kappa shape index (κ1) is 20.4. The lowest BCUT2D eigenvalue weighted by molar-refractivity contribution is -0.116. The molecule has 2 N–H and O–H groups in total. The maximum absolute atomic E-state index is 12.7. The number of nitrogens with one attached hydrogen (secondary N) is 1. The molecule has 1 aliphatic carbocycles. The maximum Gasteiger partial charge on any atom is 0.335 e. The lowest BCUT2D eigenvalue weighted by atomic mass is 9.76. The average molecular weight is 414 g/mol. The molecule has 1 atom stereocenters. The van der Waals surface area contributed by atoms with E-state index in [0.717, 1.165) is 35.4 Å². The highest BCUT2D eigenvalue weighted by Gasteiger charge is 2.35. The van der Waals surface area contributed by atoms with E-state index in [0.29, 0.717) is 29.9 Å². The predicted molar refractivity (Wildman–Crippen MR) is 114 cm³/mol. The van der Waals surface area contributed by atoms with E-state index in [1.807, 2.05) is 31.2 Å². The Hall–Kier alpha value is -3.85. The summed E-state index contributed by atoms with van der Waals surface area (Å²) >= 11 is 0. The molecule has 4 rings (SSSR count). The second-order valence-corrected chi connectivity index (χ2v) is 7.74. The Kier molecular flexibility index (Phi) is 5.59. The van der Waals surface area contributed by atoms with E-state index in [1.165, 1.54) is 0 Å². The number of hydrogen-bond acceptors (Lipinski definition) is 5. The minimum Gasteiger partial charge on any atom is -0.489 e. The molecule has 0 bridgehead atoms. The van der Waals surface area contributed by atoms with Crippen LogP contribution in [-0.4, -0.2) is 16.9 Å². The van der Waals surface area contributed by atoms with Gasteiger partial charge in [-0.25, -0.2) is 4.79 Å². The first-order chi connectivity index (χ1) is 15.0.